The molecule has 118 valence electrons. The highest BCUT2D eigenvalue weighted by Gasteiger charge is 2.48. The standard InChI is InChI=1S/C16H20N2O3S/c1-12(15-9-13-5-3-4-6-14(13)21-15)18(2)22(19,20)11-16(10-17)7-8-16/h3-6,12,15H,7-9,11H2,1-2H3/t12-,15-/m1/s1. The van der Waals surface area contributed by atoms with Gasteiger partial charge in [-0.25, -0.2) is 8.42 Å². The second-order valence-corrected chi connectivity index (χ2v) is 8.40. The number of sulfonamides is 1. The summed E-state index contributed by atoms with van der Waals surface area (Å²) in [6, 6.07) is 9.66. The number of nitriles is 1. The summed E-state index contributed by atoms with van der Waals surface area (Å²) in [5, 5.41) is 9.11. The first-order chi connectivity index (χ1) is 10.4. The molecular formula is C16H20N2O3S. The summed E-state index contributed by atoms with van der Waals surface area (Å²) in [5.41, 5.74) is 0.451. The lowest BCUT2D eigenvalue weighted by atomic mass is 10.1. The van der Waals surface area contributed by atoms with Gasteiger partial charge in [-0.2, -0.15) is 9.57 Å². The largest absolute Gasteiger partial charge is 0.488 e. The number of fused-ring (bicyclic) bond motifs is 1. The van der Waals surface area contributed by atoms with Gasteiger partial charge in [-0.05, 0) is 31.4 Å². The van der Waals surface area contributed by atoms with E-state index >= 15 is 0 Å². The minimum absolute atomic E-state index is 0.0863. The summed E-state index contributed by atoms with van der Waals surface area (Å²) in [6.45, 7) is 1.86. The van der Waals surface area contributed by atoms with Crippen LogP contribution in [-0.4, -0.2) is 37.7 Å². The summed E-state index contributed by atoms with van der Waals surface area (Å²) < 4.78 is 32.3. The Kier molecular flexibility index (Phi) is 3.66. The van der Waals surface area contributed by atoms with Crippen molar-refractivity contribution in [3.63, 3.8) is 0 Å². The van der Waals surface area contributed by atoms with Crippen molar-refractivity contribution in [1.82, 2.24) is 4.31 Å². The zero-order valence-corrected chi connectivity index (χ0v) is 13.6. The summed E-state index contributed by atoms with van der Waals surface area (Å²) in [6.07, 6.45) is 1.88. The van der Waals surface area contributed by atoms with Crippen molar-refractivity contribution < 1.29 is 13.2 Å². The molecule has 1 aliphatic carbocycles. The molecule has 0 unspecified atom stereocenters. The Morgan fingerprint density at radius 3 is 2.73 bits per heavy atom. The van der Waals surface area contributed by atoms with Gasteiger partial charge < -0.3 is 4.74 Å². The summed E-state index contributed by atoms with van der Waals surface area (Å²) in [5.74, 6) is 0.748. The van der Waals surface area contributed by atoms with Crippen molar-refractivity contribution >= 4 is 10.0 Å². The Balaban J connectivity index is 1.70. The van der Waals surface area contributed by atoms with Gasteiger partial charge in [0.25, 0.3) is 0 Å². The van der Waals surface area contributed by atoms with Crippen LogP contribution in [0.15, 0.2) is 24.3 Å². The minimum Gasteiger partial charge on any atom is -0.488 e. The zero-order valence-electron chi connectivity index (χ0n) is 12.8. The van der Waals surface area contributed by atoms with E-state index in [1.54, 1.807) is 7.05 Å². The first kappa shape index (κ1) is 15.3. The van der Waals surface area contributed by atoms with E-state index in [1.807, 2.05) is 31.2 Å². The topological polar surface area (TPSA) is 70.4 Å². The van der Waals surface area contributed by atoms with Crippen LogP contribution in [0.5, 0.6) is 5.75 Å². The fourth-order valence-electron chi connectivity index (χ4n) is 2.86. The van der Waals surface area contributed by atoms with Crippen LogP contribution in [0.25, 0.3) is 0 Å². The molecular weight excluding hydrogens is 300 g/mol. The van der Waals surface area contributed by atoms with Gasteiger partial charge in [0, 0.05) is 13.5 Å². The lowest BCUT2D eigenvalue weighted by molar-refractivity contribution is 0.153. The predicted octanol–water partition coefficient (Wildman–Crippen LogP) is 1.94. The second kappa shape index (κ2) is 5.25. The zero-order chi connectivity index (χ0) is 16.0. The Bertz CT molecular complexity index is 694. The van der Waals surface area contributed by atoms with E-state index in [9.17, 15) is 8.42 Å². The molecule has 0 saturated heterocycles. The SMILES string of the molecule is C[C@H]([C@H]1Cc2ccccc2O1)N(C)S(=O)(=O)CC1(C#N)CC1. The van der Waals surface area contributed by atoms with E-state index in [1.165, 1.54) is 4.31 Å². The Labute approximate surface area is 131 Å². The third-order valence-electron chi connectivity index (χ3n) is 4.77. The molecule has 5 nitrogen and oxygen atoms in total. The normalized spacial score (nSPS) is 23.5. The van der Waals surface area contributed by atoms with Gasteiger partial charge in [0.05, 0.1) is 23.3 Å². The van der Waals surface area contributed by atoms with Gasteiger partial charge in [-0.3, -0.25) is 0 Å². The monoisotopic (exact) mass is 320 g/mol. The van der Waals surface area contributed by atoms with E-state index in [0.717, 1.165) is 11.3 Å². The van der Waals surface area contributed by atoms with Crippen LogP contribution >= 0.6 is 0 Å². The molecule has 0 aromatic heterocycles. The molecule has 22 heavy (non-hydrogen) atoms. The van der Waals surface area contributed by atoms with Crippen LogP contribution in [0.3, 0.4) is 0 Å². The van der Waals surface area contributed by atoms with Crippen LogP contribution in [0.1, 0.15) is 25.3 Å². The molecule has 1 aromatic rings. The van der Waals surface area contributed by atoms with Crippen molar-refractivity contribution in [1.29, 1.82) is 5.26 Å². The summed E-state index contributed by atoms with van der Waals surface area (Å²) in [4.78, 5) is 0. The molecule has 0 bridgehead atoms. The number of benzene rings is 1. The highest BCUT2D eigenvalue weighted by Crippen LogP contribution is 2.46. The molecule has 1 heterocycles. The van der Waals surface area contributed by atoms with Gasteiger partial charge in [-0.1, -0.05) is 18.2 Å². The number of hydrogen-bond acceptors (Lipinski definition) is 4. The Morgan fingerprint density at radius 1 is 1.45 bits per heavy atom. The van der Waals surface area contributed by atoms with E-state index < -0.39 is 15.4 Å². The lowest BCUT2D eigenvalue weighted by Crippen LogP contribution is -2.46. The molecule has 0 spiro atoms. The smallest absolute Gasteiger partial charge is 0.215 e. The van der Waals surface area contributed by atoms with Crippen molar-refractivity contribution in [3.05, 3.63) is 29.8 Å². The van der Waals surface area contributed by atoms with Crippen LogP contribution in [0, 0.1) is 16.7 Å². The maximum Gasteiger partial charge on any atom is 0.215 e. The molecule has 0 N–H and O–H groups in total. The molecule has 1 aliphatic heterocycles. The molecule has 2 atom stereocenters. The average molecular weight is 320 g/mol. The summed E-state index contributed by atoms with van der Waals surface area (Å²) in [7, 11) is -1.88. The summed E-state index contributed by atoms with van der Waals surface area (Å²) >= 11 is 0. The second-order valence-electron chi connectivity index (χ2n) is 6.37. The molecule has 0 radical (unpaired) electrons. The predicted molar refractivity (Wildman–Crippen MR) is 82.9 cm³/mol. The third-order valence-corrected chi connectivity index (χ3v) is 6.90. The Morgan fingerprint density at radius 2 is 2.14 bits per heavy atom. The Hall–Kier alpha value is -1.58. The molecule has 1 saturated carbocycles. The van der Waals surface area contributed by atoms with Crippen LogP contribution in [0.4, 0.5) is 0 Å². The number of hydrogen-bond donors (Lipinski definition) is 0. The lowest BCUT2D eigenvalue weighted by Gasteiger charge is -2.29. The van der Waals surface area contributed by atoms with Crippen molar-refractivity contribution in [2.45, 2.75) is 38.3 Å². The van der Waals surface area contributed by atoms with Gasteiger partial charge in [-0.15, -0.1) is 0 Å². The van der Waals surface area contributed by atoms with Gasteiger partial charge in [0.2, 0.25) is 10.0 Å². The molecule has 3 rings (SSSR count). The van der Waals surface area contributed by atoms with Gasteiger partial charge in [0.1, 0.15) is 11.9 Å². The van der Waals surface area contributed by atoms with Crippen molar-refractivity contribution in [3.8, 4) is 11.8 Å². The fraction of sp³-hybridized carbons (Fsp3) is 0.562. The first-order valence-electron chi connectivity index (χ1n) is 7.48. The van der Waals surface area contributed by atoms with E-state index in [2.05, 4.69) is 6.07 Å². The van der Waals surface area contributed by atoms with Crippen LogP contribution in [-0.2, 0) is 16.4 Å². The van der Waals surface area contributed by atoms with Crippen molar-refractivity contribution in [2.24, 2.45) is 5.41 Å². The number of likely N-dealkylation sites (N-methyl/N-ethyl adjacent to an activating group) is 1. The number of ether oxygens (including phenoxy) is 1. The van der Waals surface area contributed by atoms with E-state index in [4.69, 9.17) is 10.00 Å². The third kappa shape index (κ3) is 2.71. The van der Waals surface area contributed by atoms with Crippen molar-refractivity contribution in [2.75, 3.05) is 12.8 Å². The maximum atomic E-state index is 12.5. The molecule has 1 fully saturated rings. The average Bonchev–Trinajstić information content (AvgIpc) is 3.12. The molecule has 1 aromatic carbocycles. The quantitative estimate of drug-likeness (QED) is 0.831. The van der Waals surface area contributed by atoms with Crippen LogP contribution in [0.2, 0.25) is 0 Å². The van der Waals surface area contributed by atoms with Gasteiger partial charge in [0.15, 0.2) is 0 Å². The number of para-hydroxylation sites is 1. The molecule has 0 amide bonds. The molecule has 6 heteroatoms. The van der Waals surface area contributed by atoms with Gasteiger partial charge >= 0.3 is 0 Å². The molecule has 2 aliphatic rings. The van der Waals surface area contributed by atoms with E-state index in [-0.39, 0.29) is 17.9 Å². The minimum atomic E-state index is -3.46. The fourth-order valence-corrected chi connectivity index (χ4v) is 4.75. The number of nitrogens with zero attached hydrogens (tertiary/aromatic N) is 2. The highest BCUT2D eigenvalue weighted by atomic mass is 32.2. The first-order valence-corrected chi connectivity index (χ1v) is 9.09. The maximum absolute atomic E-state index is 12.5. The van der Waals surface area contributed by atoms with Crippen LogP contribution < -0.4 is 4.74 Å². The number of rotatable bonds is 5. The van der Waals surface area contributed by atoms with E-state index in [0.29, 0.717) is 19.3 Å². The highest BCUT2D eigenvalue weighted by molar-refractivity contribution is 7.89.